The van der Waals surface area contributed by atoms with Crippen LogP contribution in [0.1, 0.15) is 22.3 Å². The van der Waals surface area contributed by atoms with E-state index >= 15 is 0 Å². The molecule has 10 aromatic rings. The van der Waals surface area contributed by atoms with Crippen molar-refractivity contribution in [3.8, 4) is 56.0 Å². The minimum atomic E-state index is -4.77. The normalized spacial score (nSPS) is 14.7. The first-order valence-electron chi connectivity index (χ1n) is 22.8. The first-order valence-corrected chi connectivity index (χ1v) is 22.8. The molecule has 0 amide bonds. The first-order chi connectivity index (χ1) is 33.7. The topological polar surface area (TPSA) is 35.9 Å². The fourth-order valence-electron chi connectivity index (χ4n) is 10.4. The Morgan fingerprint density at radius 3 is 1.09 bits per heavy atom. The van der Waals surface area contributed by atoms with Crippen LogP contribution in [0.15, 0.2) is 243 Å². The third-order valence-electron chi connectivity index (χ3n) is 13.5. The highest BCUT2D eigenvalue weighted by Gasteiger charge is 2.52. The van der Waals surface area contributed by atoms with E-state index in [2.05, 4.69) is 184 Å². The average molecular weight is 903 g/mol. The summed E-state index contributed by atoms with van der Waals surface area (Å²) in [5.74, 6) is -0.0317. The molecule has 332 valence electrons. The standard InChI is InChI=1S/C62H41F3N2O2/c63-62(64,65)69-52-35-25-46(26-36-52)44-21-31-50(32-22-44)67-58-18-10-8-16-54(58)61(56-40-48(28-38-60(56)67)42-13-5-2-6-14-42)53-15-7-9-17-57(53)66(49-29-19-43(20-30-49)45-23-33-51(68)34-24-45)59-37-27-47(39-55(59)61)41-11-3-1-4-12-41/h1-40,68H. The molecule has 0 radical (unpaired) electrons. The van der Waals surface area contributed by atoms with E-state index in [4.69, 9.17) is 0 Å². The number of aromatic hydroxyl groups is 1. The van der Waals surface area contributed by atoms with Crippen molar-refractivity contribution in [1.29, 1.82) is 0 Å². The van der Waals surface area contributed by atoms with E-state index in [1.165, 1.54) is 12.1 Å². The zero-order valence-corrected chi connectivity index (χ0v) is 37.0. The molecule has 2 aliphatic rings. The van der Waals surface area contributed by atoms with Crippen LogP contribution < -0.4 is 14.5 Å². The molecule has 69 heavy (non-hydrogen) atoms. The van der Waals surface area contributed by atoms with Gasteiger partial charge in [0.05, 0.1) is 28.2 Å². The zero-order chi connectivity index (χ0) is 46.7. The van der Waals surface area contributed by atoms with Crippen molar-refractivity contribution >= 4 is 34.1 Å². The summed E-state index contributed by atoms with van der Waals surface area (Å²) in [4.78, 5) is 4.73. The number of fused-ring (bicyclic) bond motifs is 8. The minimum Gasteiger partial charge on any atom is -0.508 e. The van der Waals surface area contributed by atoms with Crippen molar-refractivity contribution in [2.24, 2.45) is 0 Å². The maximum absolute atomic E-state index is 13.0. The van der Waals surface area contributed by atoms with Crippen molar-refractivity contribution in [2.75, 3.05) is 9.80 Å². The van der Waals surface area contributed by atoms with Crippen LogP contribution in [-0.4, -0.2) is 11.5 Å². The monoisotopic (exact) mass is 902 g/mol. The van der Waals surface area contributed by atoms with Gasteiger partial charge in [-0.1, -0.05) is 158 Å². The predicted molar refractivity (Wildman–Crippen MR) is 271 cm³/mol. The minimum absolute atomic E-state index is 0.231. The van der Waals surface area contributed by atoms with Crippen LogP contribution in [0.4, 0.5) is 47.3 Å². The number of benzene rings is 10. The highest BCUT2D eigenvalue weighted by atomic mass is 19.4. The molecule has 7 heteroatoms. The molecule has 1 atom stereocenters. The molecule has 12 rings (SSSR count). The summed E-state index contributed by atoms with van der Waals surface area (Å²) >= 11 is 0. The smallest absolute Gasteiger partial charge is 0.508 e. The van der Waals surface area contributed by atoms with Gasteiger partial charge in [0, 0.05) is 11.4 Å². The molecule has 1 unspecified atom stereocenters. The summed E-state index contributed by atoms with van der Waals surface area (Å²) in [6.45, 7) is 0. The van der Waals surface area contributed by atoms with Gasteiger partial charge in [0.1, 0.15) is 11.5 Å². The van der Waals surface area contributed by atoms with Gasteiger partial charge in [-0.3, -0.25) is 0 Å². The van der Waals surface area contributed by atoms with Crippen molar-refractivity contribution in [2.45, 2.75) is 11.8 Å². The van der Waals surface area contributed by atoms with Gasteiger partial charge in [-0.15, -0.1) is 13.2 Å². The molecule has 0 bridgehead atoms. The number of para-hydroxylation sites is 2. The van der Waals surface area contributed by atoms with E-state index in [1.807, 2.05) is 36.4 Å². The predicted octanol–water partition coefficient (Wildman–Crippen LogP) is 16.9. The van der Waals surface area contributed by atoms with E-state index in [9.17, 15) is 18.3 Å². The second-order valence-corrected chi connectivity index (χ2v) is 17.4. The lowest BCUT2D eigenvalue weighted by atomic mass is 9.59. The summed E-state index contributed by atoms with van der Waals surface area (Å²) in [7, 11) is 0. The van der Waals surface area contributed by atoms with E-state index in [0.717, 1.165) is 101 Å². The van der Waals surface area contributed by atoms with E-state index in [0.29, 0.717) is 0 Å². The number of phenols is 1. The maximum Gasteiger partial charge on any atom is 0.573 e. The number of nitrogens with zero attached hydrogens (tertiary/aromatic N) is 2. The van der Waals surface area contributed by atoms with Crippen molar-refractivity contribution in [3.05, 3.63) is 265 Å². The van der Waals surface area contributed by atoms with Crippen LogP contribution >= 0.6 is 0 Å². The average Bonchev–Trinajstić information content (AvgIpc) is 3.39. The van der Waals surface area contributed by atoms with Crippen LogP contribution in [0.3, 0.4) is 0 Å². The molecule has 0 aromatic heterocycles. The highest BCUT2D eigenvalue weighted by Crippen LogP contribution is 2.64. The Morgan fingerprint density at radius 2 is 0.667 bits per heavy atom. The molecule has 0 fully saturated rings. The van der Waals surface area contributed by atoms with Crippen LogP contribution in [0.5, 0.6) is 11.5 Å². The number of alkyl halides is 3. The van der Waals surface area contributed by atoms with E-state index < -0.39 is 11.8 Å². The van der Waals surface area contributed by atoms with Crippen LogP contribution in [-0.2, 0) is 5.41 Å². The van der Waals surface area contributed by atoms with Crippen LogP contribution in [0.25, 0.3) is 44.5 Å². The Labute approximate surface area is 398 Å². The molecule has 1 N–H and O–H groups in total. The summed E-state index contributed by atoms with van der Waals surface area (Å²) in [6, 6.07) is 82.4. The second kappa shape index (κ2) is 16.5. The van der Waals surface area contributed by atoms with Gasteiger partial charge in [0.15, 0.2) is 0 Å². The highest BCUT2D eigenvalue weighted by molar-refractivity contribution is 5.98. The zero-order valence-electron chi connectivity index (χ0n) is 37.0. The number of hydrogen-bond donors (Lipinski definition) is 1. The molecule has 0 aliphatic carbocycles. The summed E-state index contributed by atoms with van der Waals surface area (Å²) < 4.78 is 43.1. The number of rotatable bonds is 7. The van der Waals surface area contributed by atoms with Gasteiger partial charge in [-0.25, -0.2) is 0 Å². The summed E-state index contributed by atoms with van der Waals surface area (Å²) in [5.41, 5.74) is 17.9. The SMILES string of the molecule is Oc1ccc(-c2ccc(N3c4ccccc4C4(c5ccccc5N(c5ccc(-c6ccc(OC(F)(F)F)cc6)cc5)c5ccc(-c6ccccc6)cc54)c4cc(-c5ccccc5)ccc43)cc2)cc1. The van der Waals surface area contributed by atoms with Crippen molar-refractivity contribution < 1.29 is 23.0 Å². The Kier molecular flexibility index (Phi) is 9.95. The third-order valence-corrected chi connectivity index (χ3v) is 13.5. The molecule has 0 saturated carbocycles. The lowest BCUT2D eigenvalue weighted by molar-refractivity contribution is -0.274. The molecule has 2 heterocycles. The van der Waals surface area contributed by atoms with Crippen molar-refractivity contribution in [1.82, 2.24) is 0 Å². The van der Waals surface area contributed by atoms with Gasteiger partial charge in [0.25, 0.3) is 0 Å². The second-order valence-electron chi connectivity index (χ2n) is 17.4. The lowest BCUT2D eigenvalue weighted by Gasteiger charge is -2.51. The number of ether oxygens (including phenoxy) is 1. The van der Waals surface area contributed by atoms with E-state index in [1.54, 1.807) is 24.3 Å². The van der Waals surface area contributed by atoms with Crippen LogP contribution in [0.2, 0.25) is 0 Å². The Balaban J connectivity index is 1.09. The number of hydrogen-bond acceptors (Lipinski definition) is 4. The first kappa shape index (κ1) is 41.6. The number of halogens is 3. The van der Waals surface area contributed by atoms with Gasteiger partial charge in [0.2, 0.25) is 0 Å². The molecular formula is C62H41F3N2O2. The molecule has 4 nitrogen and oxygen atoms in total. The Bertz CT molecular complexity index is 3510. The quantitative estimate of drug-likeness (QED) is 0.173. The molecule has 2 aliphatic heterocycles. The molecule has 0 saturated heterocycles. The molecule has 1 spiro atoms. The maximum atomic E-state index is 13.0. The molecule has 10 aromatic carbocycles. The van der Waals surface area contributed by atoms with Gasteiger partial charge in [-0.05, 0) is 152 Å². The number of phenolic OH excluding ortho intramolecular Hbond substituents is 1. The summed E-state index contributed by atoms with van der Waals surface area (Å²) in [6.07, 6.45) is -4.77. The van der Waals surface area contributed by atoms with Gasteiger partial charge < -0.3 is 19.6 Å². The Morgan fingerprint density at radius 1 is 0.333 bits per heavy atom. The largest absolute Gasteiger partial charge is 0.573 e. The Hall–Kier alpha value is -8.81. The van der Waals surface area contributed by atoms with Crippen LogP contribution in [0, 0.1) is 0 Å². The summed E-state index contributed by atoms with van der Waals surface area (Å²) in [5, 5.41) is 10.0. The van der Waals surface area contributed by atoms with E-state index in [-0.39, 0.29) is 11.5 Å². The van der Waals surface area contributed by atoms with Gasteiger partial charge in [-0.2, -0.15) is 0 Å². The van der Waals surface area contributed by atoms with Crippen molar-refractivity contribution in [3.63, 3.8) is 0 Å². The van der Waals surface area contributed by atoms with Gasteiger partial charge >= 0.3 is 6.36 Å². The lowest BCUT2D eigenvalue weighted by Crippen LogP contribution is -2.42. The fourth-order valence-corrected chi connectivity index (χ4v) is 10.4. The fraction of sp³-hybridized carbons (Fsp3) is 0.0323. The number of anilines is 6. The molecular weight excluding hydrogens is 862 g/mol. The third kappa shape index (κ3) is 7.18.